The summed E-state index contributed by atoms with van der Waals surface area (Å²) in [6, 6.07) is 2.81. The molecule has 1 aliphatic carbocycles. The van der Waals surface area contributed by atoms with Crippen molar-refractivity contribution < 1.29 is 4.79 Å². The largest absolute Gasteiger partial charge is 0.346 e. The summed E-state index contributed by atoms with van der Waals surface area (Å²) in [5.41, 5.74) is 3.69. The van der Waals surface area contributed by atoms with Crippen LogP contribution in [0.25, 0.3) is 6.08 Å². The highest BCUT2D eigenvalue weighted by atomic mass is 32.2. The van der Waals surface area contributed by atoms with E-state index < -0.39 is 0 Å². The quantitative estimate of drug-likeness (QED) is 0.658. The molecule has 0 bridgehead atoms. The summed E-state index contributed by atoms with van der Waals surface area (Å²) >= 11 is 6.39. The van der Waals surface area contributed by atoms with E-state index in [0.29, 0.717) is 15.3 Å². The predicted molar refractivity (Wildman–Crippen MR) is 92.3 cm³/mol. The van der Waals surface area contributed by atoms with Gasteiger partial charge in [-0.2, -0.15) is 0 Å². The number of nitrogens with zero attached hydrogens (tertiary/aromatic N) is 1. The van der Waals surface area contributed by atoms with Crippen LogP contribution < -0.4 is 5.32 Å². The van der Waals surface area contributed by atoms with Crippen LogP contribution in [0.4, 0.5) is 0 Å². The summed E-state index contributed by atoms with van der Waals surface area (Å²) in [7, 11) is 0. The van der Waals surface area contributed by atoms with Crippen molar-refractivity contribution in [2.45, 2.75) is 52.0 Å². The number of carbonyl (C=O) groups is 1. The first kappa shape index (κ1) is 14.9. The molecule has 2 fully saturated rings. The Kier molecular flexibility index (Phi) is 4.22. The standard InChI is InChI=1S/C16H20N2OS2/c1-10-8-12(9-14-15(19)17-16(20)21-14)11(2)18(10)13-6-4-3-5-7-13/h8-9,13H,3-7H2,1-2H3,(H,17,19,20). The smallest absolute Gasteiger partial charge is 0.263 e. The van der Waals surface area contributed by atoms with E-state index in [1.807, 2.05) is 6.08 Å². The molecule has 2 aliphatic rings. The van der Waals surface area contributed by atoms with Gasteiger partial charge in [0.15, 0.2) is 0 Å². The van der Waals surface area contributed by atoms with Gasteiger partial charge < -0.3 is 9.88 Å². The molecule has 1 amide bonds. The van der Waals surface area contributed by atoms with E-state index in [4.69, 9.17) is 12.2 Å². The number of nitrogens with one attached hydrogen (secondary N) is 1. The lowest BCUT2D eigenvalue weighted by Crippen LogP contribution is -2.17. The van der Waals surface area contributed by atoms with Crippen LogP contribution in [0.2, 0.25) is 0 Å². The van der Waals surface area contributed by atoms with Gasteiger partial charge in [-0.1, -0.05) is 43.2 Å². The highest BCUT2D eigenvalue weighted by molar-refractivity contribution is 8.26. The number of aryl methyl sites for hydroxylation is 1. The Hall–Kier alpha value is -1.07. The van der Waals surface area contributed by atoms with Crippen LogP contribution in [-0.2, 0) is 4.79 Å². The first-order valence-corrected chi connectivity index (χ1v) is 8.72. The SMILES string of the molecule is Cc1cc(C=C2SC(=S)NC2=O)c(C)n1C1CCCCC1. The first-order chi connectivity index (χ1) is 10.1. The number of carbonyl (C=O) groups excluding carboxylic acids is 1. The molecule has 1 saturated heterocycles. The molecule has 1 aliphatic heterocycles. The van der Waals surface area contributed by atoms with E-state index in [-0.39, 0.29) is 5.91 Å². The molecule has 2 heterocycles. The maximum absolute atomic E-state index is 11.8. The monoisotopic (exact) mass is 320 g/mol. The zero-order valence-electron chi connectivity index (χ0n) is 12.4. The van der Waals surface area contributed by atoms with Crippen molar-refractivity contribution in [3.8, 4) is 0 Å². The van der Waals surface area contributed by atoms with Gasteiger partial charge >= 0.3 is 0 Å². The van der Waals surface area contributed by atoms with E-state index in [2.05, 4.69) is 29.8 Å². The Morgan fingerprint density at radius 1 is 1.33 bits per heavy atom. The summed E-state index contributed by atoms with van der Waals surface area (Å²) in [5, 5.41) is 2.67. The number of rotatable bonds is 2. The summed E-state index contributed by atoms with van der Waals surface area (Å²) in [4.78, 5) is 12.5. The molecule has 0 atom stereocenters. The molecule has 0 unspecified atom stereocenters. The molecule has 0 spiro atoms. The lowest BCUT2D eigenvalue weighted by Gasteiger charge is -2.26. The van der Waals surface area contributed by atoms with Crippen LogP contribution >= 0.6 is 24.0 Å². The van der Waals surface area contributed by atoms with Gasteiger partial charge in [-0.3, -0.25) is 4.79 Å². The number of thiocarbonyl (C=S) groups is 1. The summed E-state index contributed by atoms with van der Waals surface area (Å²) in [6.07, 6.45) is 8.52. The summed E-state index contributed by atoms with van der Waals surface area (Å²) in [6.45, 7) is 4.32. The van der Waals surface area contributed by atoms with E-state index in [0.717, 1.165) is 5.56 Å². The van der Waals surface area contributed by atoms with Crippen LogP contribution in [0.5, 0.6) is 0 Å². The van der Waals surface area contributed by atoms with Crippen LogP contribution in [0.3, 0.4) is 0 Å². The fourth-order valence-corrected chi connectivity index (χ4v) is 4.45. The van der Waals surface area contributed by atoms with E-state index in [9.17, 15) is 4.79 Å². The number of amides is 1. The normalized spacial score (nSPS) is 22.1. The van der Waals surface area contributed by atoms with Crippen molar-refractivity contribution in [2.75, 3.05) is 0 Å². The van der Waals surface area contributed by atoms with Gasteiger partial charge in [-0.15, -0.1) is 0 Å². The lowest BCUT2D eigenvalue weighted by atomic mass is 9.95. The third kappa shape index (κ3) is 2.94. The maximum Gasteiger partial charge on any atom is 0.263 e. The van der Waals surface area contributed by atoms with Crippen LogP contribution in [0.1, 0.15) is 55.1 Å². The van der Waals surface area contributed by atoms with E-state index in [1.54, 1.807) is 0 Å². The Labute approximate surface area is 135 Å². The van der Waals surface area contributed by atoms with Crippen LogP contribution in [0, 0.1) is 13.8 Å². The van der Waals surface area contributed by atoms with Gasteiger partial charge in [-0.05, 0) is 44.4 Å². The highest BCUT2D eigenvalue weighted by Gasteiger charge is 2.24. The zero-order chi connectivity index (χ0) is 15.0. The number of hydrogen-bond donors (Lipinski definition) is 1. The molecule has 3 rings (SSSR count). The summed E-state index contributed by atoms with van der Waals surface area (Å²) in [5.74, 6) is -0.0764. The second-order valence-corrected chi connectivity index (χ2v) is 7.56. The van der Waals surface area contributed by atoms with Gasteiger partial charge in [0.25, 0.3) is 5.91 Å². The van der Waals surface area contributed by atoms with E-state index >= 15 is 0 Å². The van der Waals surface area contributed by atoms with Crippen molar-refractivity contribution in [1.29, 1.82) is 0 Å². The molecule has 112 valence electrons. The Balaban J connectivity index is 1.92. The van der Waals surface area contributed by atoms with Gasteiger partial charge in [0.2, 0.25) is 0 Å². The molecule has 1 saturated carbocycles. The molecule has 5 heteroatoms. The van der Waals surface area contributed by atoms with Crippen LogP contribution in [0.15, 0.2) is 11.0 Å². The second kappa shape index (κ2) is 5.97. The van der Waals surface area contributed by atoms with Crippen molar-refractivity contribution in [2.24, 2.45) is 0 Å². The first-order valence-electron chi connectivity index (χ1n) is 7.49. The van der Waals surface area contributed by atoms with E-state index in [1.165, 1.54) is 55.3 Å². The Morgan fingerprint density at radius 2 is 2.05 bits per heavy atom. The lowest BCUT2D eigenvalue weighted by molar-refractivity contribution is -0.115. The Bertz CT molecular complexity index is 624. The molecule has 0 aromatic carbocycles. The third-order valence-electron chi connectivity index (χ3n) is 4.39. The third-order valence-corrected chi connectivity index (χ3v) is 5.55. The van der Waals surface area contributed by atoms with Crippen molar-refractivity contribution in [1.82, 2.24) is 9.88 Å². The molecule has 1 aromatic rings. The minimum Gasteiger partial charge on any atom is -0.346 e. The fourth-order valence-electron chi connectivity index (χ4n) is 3.41. The number of thioether (sulfide) groups is 1. The van der Waals surface area contributed by atoms with Gasteiger partial charge in [-0.25, -0.2) is 0 Å². The van der Waals surface area contributed by atoms with Gasteiger partial charge in [0.1, 0.15) is 4.32 Å². The zero-order valence-corrected chi connectivity index (χ0v) is 14.1. The van der Waals surface area contributed by atoms with Gasteiger partial charge in [0, 0.05) is 17.4 Å². The average molecular weight is 320 g/mol. The number of aromatic nitrogens is 1. The Morgan fingerprint density at radius 3 is 2.67 bits per heavy atom. The highest BCUT2D eigenvalue weighted by Crippen LogP contribution is 2.34. The maximum atomic E-state index is 11.8. The molecule has 21 heavy (non-hydrogen) atoms. The molecule has 1 aromatic heterocycles. The predicted octanol–water partition coefficient (Wildman–Crippen LogP) is 4.10. The molecule has 0 radical (unpaired) electrons. The molecule has 3 nitrogen and oxygen atoms in total. The minimum absolute atomic E-state index is 0.0764. The molecular formula is C16H20N2OS2. The fraction of sp³-hybridized carbons (Fsp3) is 0.500. The minimum atomic E-state index is -0.0764. The van der Waals surface area contributed by atoms with Crippen molar-refractivity contribution in [3.63, 3.8) is 0 Å². The second-order valence-electron chi connectivity index (χ2n) is 5.84. The average Bonchev–Trinajstić information content (AvgIpc) is 2.91. The van der Waals surface area contributed by atoms with Crippen molar-refractivity contribution in [3.05, 3.63) is 27.9 Å². The molecule has 1 N–H and O–H groups in total. The summed E-state index contributed by atoms with van der Waals surface area (Å²) < 4.78 is 3.01. The molecular weight excluding hydrogens is 300 g/mol. The van der Waals surface area contributed by atoms with Gasteiger partial charge in [0.05, 0.1) is 4.91 Å². The van der Waals surface area contributed by atoms with Crippen molar-refractivity contribution >= 4 is 40.3 Å². The number of hydrogen-bond acceptors (Lipinski definition) is 3. The van der Waals surface area contributed by atoms with Crippen LogP contribution in [-0.4, -0.2) is 14.8 Å². The topological polar surface area (TPSA) is 34.0 Å².